The molecule has 0 aliphatic carbocycles. The van der Waals surface area contributed by atoms with Crippen molar-refractivity contribution < 1.29 is 19.0 Å². The monoisotopic (exact) mass is 509 g/mol. The number of rotatable bonds is 4. The number of carbonyl (C=O) groups excluding carboxylic acids is 1. The molecule has 2 fully saturated rings. The van der Waals surface area contributed by atoms with Gasteiger partial charge in [0.2, 0.25) is 5.79 Å². The number of piperazine rings is 1. The minimum absolute atomic E-state index is 0.0811. The zero-order valence-corrected chi connectivity index (χ0v) is 19.8. The van der Waals surface area contributed by atoms with E-state index in [-0.39, 0.29) is 30.1 Å². The van der Waals surface area contributed by atoms with Gasteiger partial charge < -0.3 is 20.5 Å². The van der Waals surface area contributed by atoms with Crippen molar-refractivity contribution in [1.82, 2.24) is 9.80 Å². The maximum atomic E-state index is 13.5. The minimum Gasteiger partial charge on any atom is -0.404 e. The number of nitrogens with zero attached hydrogens (tertiary/aromatic N) is 2. The average Bonchev–Trinajstić information content (AvgIpc) is 2.82. The van der Waals surface area contributed by atoms with Crippen LogP contribution in [0.2, 0.25) is 10.0 Å². The second-order valence-corrected chi connectivity index (χ2v) is 9.03. The number of benzene rings is 2. The molecular formula is C23H22Cl2FN3O3S. The van der Waals surface area contributed by atoms with E-state index in [0.717, 1.165) is 0 Å². The molecule has 2 aromatic carbocycles. The Kier molecular flexibility index (Phi) is 7.04. The van der Waals surface area contributed by atoms with Crippen molar-refractivity contribution in [2.75, 3.05) is 32.8 Å². The topological polar surface area (TPSA) is 79.0 Å². The summed E-state index contributed by atoms with van der Waals surface area (Å²) >= 11 is 17.4. The summed E-state index contributed by atoms with van der Waals surface area (Å²) in [6, 6.07) is 9.10. The normalized spacial score (nSPS) is 23.8. The molecule has 2 atom stereocenters. The van der Waals surface area contributed by atoms with Gasteiger partial charge in [0, 0.05) is 47.9 Å². The van der Waals surface area contributed by atoms with Gasteiger partial charge >= 0.3 is 0 Å². The number of halogens is 3. The van der Waals surface area contributed by atoms with Crippen molar-refractivity contribution in [3.63, 3.8) is 0 Å². The Labute approximate surface area is 206 Å². The number of allylic oxidation sites excluding steroid dienone is 1. The Morgan fingerprint density at radius 1 is 1.27 bits per heavy atom. The van der Waals surface area contributed by atoms with Crippen LogP contribution >= 0.6 is 35.4 Å². The van der Waals surface area contributed by atoms with E-state index in [1.165, 1.54) is 29.8 Å². The summed E-state index contributed by atoms with van der Waals surface area (Å²) < 4.78 is 19.3. The van der Waals surface area contributed by atoms with Crippen molar-refractivity contribution >= 4 is 52.3 Å². The summed E-state index contributed by atoms with van der Waals surface area (Å²) in [5.74, 6) is -2.37. The molecule has 2 aromatic rings. The maximum absolute atomic E-state index is 13.5. The van der Waals surface area contributed by atoms with Crippen LogP contribution in [0, 0.1) is 5.82 Å². The quantitative estimate of drug-likeness (QED) is 0.485. The number of ether oxygens (including phenoxy) is 1. The lowest BCUT2D eigenvalue weighted by Crippen LogP contribution is -2.63. The first-order valence-electron chi connectivity index (χ1n) is 10.3. The van der Waals surface area contributed by atoms with Crippen LogP contribution < -0.4 is 5.73 Å². The fourth-order valence-electron chi connectivity index (χ4n) is 4.20. The van der Waals surface area contributed by atoms with E-state index in [4.69, 9.17) is 45.9 Å². The third-order valence-corrected chi connectivity index (χ3v) is 6.99. The van der Waals surface area contributed by atoms with Crippen molar-refractivity contribution in [1.29, 1.82) is 0 Å². The first-order chi connectivity index (χ1) is 15.8. The van der Waals surface area contributed by atoms with Crippen LogP contribution in [-0.4, -0.2) is 65.0 Å². The molecule has 2 heterocycles. The van der Waals surface area contributed by atoms with E-state index in [9.17, 15) is 14.3 Å². The van der Waals surface area contributed by atoms with Crippen molar-refractivity contribution in [2.24, 2.45) is 5.73 Å². The number of amides is 1. The number of fused-ring (bicyclic) bond motifs is 1. The highest BCUT2D eigenvalue weighted by Gasteiger charge is 2.43. The Bertz CT molecular complexity index is 1130. The molecule has 6 nitrogen and oxygen atoms in total. The Morgan fingerprint density at radius 3 is 2.73 bits per heavy atom. The standard InChI is InChI=1S/C23H22Cl2FN3O3S/c24-19-8-15(4-5-20(19)26)23(31)13-29-7-6-28(10-16(29)11-32-23)22(30)18-3-1-2-17(21(18)25)14(9-27)12-33/h1-5,8-9,12,16,31H,6-7,10-11,13,27H2/t16-,23-/m0/s1. The number of hydrogen-bond donors (Lipinski definition) is 2. The third-order valence-electron chi connectivity index (χ3n) is 6.04. The summed E-state index contributed by atoms with van der Waals surface area (Å²) in [5.41, 5.74) is 7.55. The van der Waals surface area contributed by atoms with Gasteiger partial charge in [-0.2, -0.15) is 0 Å². The zero-order chi connectivity index (χ0) is 23.8. The van der Waals surface area contributed by atoms with Crippen molar-refractivity contribution in [2.45, 2.75) is 11.8 Å². The van der Waals surface area contributed by atoms with Gasteiger partial charge in [-0.15, -0.1) is 0 Å². The van der Waals surface area contributed by atoms with Gasteiger partial charge in [0.1, 0.15) is 5.82 Å². The van der Waals surface area contributed by atoms with E-state index in [2.05, 4.69) is 4.90 Å². The predicted molar refractivity (Wildman–Crippen MR) is 130 cm³/mol. The van der Waals surface area contributed by atoms with Gasteiger partial charge in [-0.1, -0.05) is 53.6 Å². The number of morpholine rings is 1. The molecule has 10 heteroatoms. The van der Waals surface area contributed by atoms with E-state index < -0.39 is 11.6 Å². The largest absolute Gasteiger partial charge is 0.404 e. The number of carbonyl (C=O) groups is 1. The summed E-state index contributed by atoms with van der Waals surface area (Å²) in [6.45, 7) is 1.75. The molecule has 2 aliphatic heterocycles. The first-order valence-corrected chi connectivity index (χ1v) is 11.5. The Balaban J connectivity index is 1.49. The molecule has 1 amide bonds. The van der Waals surface area contributed by atoms with Gasteiger partial charge in [-0.25, -0.2) is 4.39 Å². The summed E-state index contributed by atoms with van der Waals surface area (Å²) in [7, 11) is 0. The average molecular weight is 510 g/mol. The molecule has 2 saturated heterocycles. The molecule has 33 heavy (non-hydrogen) atoms. The van der Waals surface area contributed by atoms with Crippen LogP contribution in [0.5, 0.6) is 0 Å². The molecule has 0 aromatic heterocycles. The number of aliphatic hydroxyl groups is 1. The van der Waals surface area contributed by atoms with Crippen LogP contribution in [-0.2, 0) is 10.5 Å². The number of nitrogens with two attached hydrogens (primary N) is 1. The van der Waals surface area contributed by atoms with E-state index in [1.54, 1.807) is 23.1 Å². The molecule has 4 rings (SSSR count). The highest BCUT2D eigenvalue weighted by atomic mass is 35.5. The fraction of sp³-hybridized carbons (Fsp3) is 0.304. The fourth-order valence-corrected chi connectivity index (χ4v) is 4.90. The van der Waals surface area contributed by atoms with Crippen molar-refractivity contribution in [3.8, 4) is 0 Å². The smallest absolute Gasteiger partial charge is 0.255 e. The van der Waals surface area contributed by atoms with Crippen LogP contribution in [0.25, 0.3) is 5.57 Å². The minimum atomic E-state index is -1.61. The van der Waals surface area contributed by atoms with Crippen LogP contribution in [0.15, 0.2) is 42.6 Å². The van der Waals surface area contributed by atoms with Gasteiger partial charge in [0.25, 0.3) is 5.91 Å². The molecule has 0 spiro atoms. The van der Waals surface area contributed by atoms with Crippen LogP contribution in [0.3, 0.4) is 0 Å². The van der Waals surface area contributed by atoms with Gasteiger partial charge in [0.15, 0.2) is 0 Å². The molecule has 2 aliphatic rings. The number of hydrogen-bond acceptors (Lipinski definition) is 6. The molecular weight excluding hydrogens is 488 g/mol. The molecule has 0 radical (unpaired) electrons. The van der Waals surface area contributed by atoms with Gasteiger partial charge in [-0.3, -0.25) is 9.69 Å². The van der Waals surface area contributed by atoms with Crippen LogP contribution in [0.4, 0.5) is 4.39 Å². The first kappa shape index (κ1) is 24.1. The lowest BCUT2D eigenvalue weighted by molar-refractivity contribution is -0.265. The third kappa shape index (κ3) is 4.64. The maximum Gasteiger partial charge on any atom is 0.255 e. The summed E-state index contributed by atoms with van der Waals surface area (Å²) in [4.78, 5) is 17.0. The lowest BCUT2D eigenvalue weighted by atomic mass is 9.99. The zero-order valence-electron chi connectivity index (χ0n) is 17.5. The second kappa shape index (κ2) is 9.66. The second-order valence-electron chi connectivity index (χ2n) is 8.01. The molecule has 0 unspecified atom stereocenters. The van der Waals surface area contributed by atoms with E-state index in [1.807, 2.05) is 0 Å². The summed E-state index contributed by atoms with van der Waals surface area (Å²) in [6.07, 6.45) is 1.36. The van der Waals surface area contributed by atoms with E-state index >= 15 is 0 Å². The SMILES string of the molecule is NC=C(C=S)c1cccc(C(=O)N2CCN3C[C@@](O)(c4ccc(F)c(Cl)c4)OC[C@@H]3C2)c1Cl. The van der Waals surface area contributed by atoms with Gasteiger partial charge in [-0.05, 0) is 18.2 Å². The highest BCUT2D eigenvalue weighted by molar-refractivity contribution is 7.79. The predicted octanol–water partition coefficient (Wildman–Crippen LogP) is 3.43. The van der Waals surface area contributed by atoms with E-state index in [0.29, 0.717) is 46.9 Å². The Hall–Kier alpha value is -2.07. The Morgan fingerprint density at radius 2 is 2.03 bits per heavy atom. The van der Waals surface area contributed by atoms with Gasteiger partial charge in [0.05, 0.1) is 34.8 Å². The summed E-state index contributed by atoms with van der Waals surface area (Å²) in [5, 5.41) is 12.7. The molecule has 0 saturated carbocycles. The molecule has 174 valence electrons. The van der Waals surface area contributed by atoms with Crippen molar-refractivity contribution in [3.05, 3.63) is 75.2 Å². The van der Waals surface area contributed by atoms with Crippen LogP contribution in [0.1, 0.15) is 21.5 Å². The lowest BCUT2D eigenvalue weighted by Gasteiger charge is -2.49. The molecule has 3 N–H and O–H groups in total. The number of thiocarbonyl (C=S) groups is 1. The highest BCUT2D eigenvalue weighted by Crippen LogP contribution is 2.33. The molecule has 0 bridgehead atoms.